The predicted octanol–water partition coefficient (Wildman–Crippen LogP) is 2.66. The number of ketones is 1. The van der Waals surface area contributed by atoms with Crippen molar-refractivity contribution in [3.05, 3.63) is 18.2 Å². The van der Waals surface area contributed by atoms with E-state index in [-0.39, 0.29) is 11.7 Å². The van der Waals surface area contributed by atoms with E-state index >= 15 is 0 Å². The number of aromatic amines is 1. The molecule has 3 heteroatoms. The van der Waals surface area contributed by atoms with Crippen LogP contribution >= 0.6 is 0 Å². The fraction of sp³-hybridized carbons (Fsp3) is 0.667. The van der Waals surface area contributed by atoms with Crippen LogP contribution in [0.1, 0.15) is 43.7 Å². The van der Waals surface area contributed by atoms with Gasteiger partial charge < -0.3 is 4.98 Å². The van der Waals surface area contributed by atoms with Crippen molar-refractivity contribution in [2.45, 2.75) is 33.1 Å². The standard InChI is InChI=1S/C12H18N2O/c1-8-3-4-10(7-9(8)2)11(15)12-13-5-6-14-12/h5-6,8-10H,3-4,7H2,1-2H3,(H,13,14). The Balaban J connectivity index is 2.03. The molecule has 1 fully saturated rings. The molecule has 3 nitrogen and oxygen atoms in total. The van der Waals surface area contributed by atoms with Gasteiger partial charge in [0.1, 0.15) is 0 Å². The summed E-state index contributed by atoms with van der Waals surface area (Å²) in [5.74, 6) is 2.32. The lowest BCUT2D eigenvalue weighted by atomic mass is 9.74. The fourth-order valence-electron chi connectivity index (χ4n) is 2.38. The van der Waals surface area contributed by atoms with Gasteiger partial charge in [0.15, 0.2) is 5.82 Å². The highest BCUT2D eigenvalue weighted by Gasteiger charge is 2.30. The number of hydrogen-bond acceptors (Lipinski definition) is 2. The second-order valence-electron chi connectivity index (χ2n) is 4.77. The van der Waals surface area contributed by atoms with Crippen molar-refractivity contribution in [2.24, 2.45) is 17.8 Å². The van der Waals surface area contributed by atoms with Gasteiger partial charge in [0.2, 0.25) is 5.78 Å². The van der Waals surface area contributed by atoms with Crippen molar-refractivity contribution >= 4 is 5.78 Å². The van der Waals surface area contributed by atoms with Gasteiger partial charge in [-0.2, -0.15) is 0 Å². The summed E-state index contributed by atoms with van der Waals surface area (Å²) < 4.78 is 0. The van der Waals surface area contributed by atoms with Gasteiger partial charge in [0.05, 0.1) is 0 Å². The minimum Gasteiger partial charge on any atom is -0.342 e. The maximum Gasteiger partial charge on any atom is 0.201 e. The van der Waals surface area contributed by atoms with Crippen molar-refractivity contribution in [3.63, 3.8) is 0 Å². The Kier molecular flexibility index (Phi) is 2.89. The number of hydrogen-bond donors (Lipinski definition) is 1. The van der Waals surface area contributed by atoms with E-state index in [1.54, 1.807) is 12.4 Å². The van der Waals surface area contributed by atoms with E-state index in [9.17, 15) is 4.79 Å². The van der Waals surface area contributed by atoms with Crippen LogP contribution in [-0.4, -0.2) is 15.8 Å². The molecule has 1 saturated carbocycles. The molecule has 0 spiro atoms. The lowest BCUT2D eigenvalue weighted by molar-refractivity contribution is 0.0827. The van der Waals surface area contributed by atoms with Crippen LogP contribution < -0.4 is 0 Å². The lowest BCUT2D eigenvalue weighted by Gasteiger charge is -2.30. The summed E-state index contributed by atoms with van der Waals surface area (Å²) in [6, 6.07) is 0. The highest BCUT2D eigenvalue weighted by Crippen LogP contribution is 2.34. The zero-order valence-electron chi connectivity index (χ0n) is 9.36. The summed E-state index contributed by atoms with van der Waals surface area (Å²) >= 11 is 0. The van der Waals surface area contributed by atoms with Crippen LogP contribution in [0.5, 0.6) is 0 Å². The van der Waals surface area contributed by atoms with Crippen LogP contribution in [0.25, 0.3) is 0 Å². The number of H-pyrrole nitrogens is 1. The monoisotopic (exact) mass is 206 g/mol. The highest BCUT2D eigenvalue weighted by atomic mass is 16.1. The van der Waals surface area contributed by atoms with Gasteiger partial charge in [0.25, 0.3) is 0 Å². The summed E-state index contributed by atoms with van der Waals surface area (Å²) in [5, 5.41) is 0. The van der Waals surface area contributed by atoms with Gasteiger partial charge >= 0.3 is 0 Å². The Labute approximate surface area is 90.3 Å². The summed E-state index contributed by atoms with van der Waals surface area (Å²) in [4.78, 5) is 18.9. The lowest BCUT2D eigenvalue weighted by Crippen LogP contribution is -2.27. The molecule has 3 atom stereocenters. The molecule has 1 aromatic rings. The van der Waals surface area contributed by atoms with E-state index in [0.717, 1.165) is 25.2 Å². The van der Waals surface area contributed by atoms with Crippen LogP contribution in [0.4, 0.5) is 0 Å². The molecule has 1 aliphatic carbocycles. The minimum atomic E-state index is 0.183. The summed E-state index contributed by atoms with van der Waals surface area (Å²) in [5.41, 5.74) is 0. The average molecular weight is 206 g/mol. The molecule has 1 heterocycles. The molecule has 0 aliphatic heterocycles. The molecule has 1 N–H and O–H groups in total. The summed E-state index contributed by atoms with van der Waals surface area (Å²) in [6.07, 6.45) is 6.55. The minimum absolute atomic E-state index is 0.183. The molecule has 0 radical (unpaired) electrons. The number of nitrogens with one attached hydrogen (secondary N) is 1. The summed E-state index contributed by atoms with van der Waals surface area (Å²) in [6.45, 7) is 4.52. The van der Waals surface area contributed by atoms with E-state index in [4.69, 9.17) is 0 Å². The van der Waals surface area contributed by atoms with Crippen LogP contribution in [0.3, 0.4) is 0 Å². The zero-order valence-corrected chi connectivity index (χ0v) is 9.36. The van der Waals surface area contributed by atoms with E-state index < -0.39 is 0 Å². The molecule has 82 valence electrons. The Hall–Kier alpha value is -1.12. The second-order valence-corrected chi connectivity index (χ2v) is 4.77. The first-order chi connectivity index (χ1) is 7.18. The molecule has 0 aromatic carbocycles. The van der Waals surface area contributed by atoms with Gasteiger partial charge in [-0.25, -0.2) is 4.98 Å². The van der Waals surface area contributed by atoms with Crippen molar-refractivity contribution in [2.75, 3.05) is 0 Å². The smallest absolute Gasteiger partial charge is 0.201 e. The number of imidazole rings is 1. The van der Waals surface area contributed by atoms with Crippen LogP contribution in [0, 0.1) is 17.8 Å². The van der Waals surface area contributed by atoms with Crippen LogP contribution in [-0.2, 0) is 0 Å². The number of rotatable bonds is 2. The Bertz CT molecular complexity index is 331. The van der Waals surface area contributed by atoms with Gasteiger partial charge in [0, 0.05) is 18.3 Å². The maximum absolute atomic E-state index is 12.0. The molecule has 2 rings (SSSR count). The number of carbonyl (C=O) groups excluding carboxylic acids is 1. The van der Waals surface area contributed by atoms with E-state index in [0.29, 0.717) is 11.7 Å². The number of nitrogens with zero attached hydrogens (tertiary/aromatic N) is 1. The van der Waals surface area contributed by atoms with E-state index in [2.05, 4.69) is 23.8 Å². The molecule has 0 amide bonds. The van der Waals surface area contributed by atoms with Gasteiger partial charge in [-0.05, 0) is 31.1 Å². The molecule has 0 saturated heterocycles. The van der Waals surface area contributed by atoms with Crippen molar-refractivity contribution in [1.29, 1.82) is 0 Å². The third-order valence-electron chi connectivity index (χ3n) is 3.70. The second kappa shape index (κ2) is 4.17. The topological polar surface area (TPSA) is 45.8 Å². The van der Waals surface area contributed by atoms with Crippen molar-refractivity contribution < 1.29 is 4.79 Å². The average Bonchev–Trinajstić information content (AvgIpc) is 2.74. The van der Waals surface area contributed by atoms with Gasteiger partial charge in [-0.3, -0.25) is 4.79 Å². The van der Waals surface area contributed by atoms with Crippen molar-refractivity contribution in [1.82, 2.24) is 9.97 Å². The number of aromatic nitrogens is 2. The number of carbonyl (C=O) groups is 1. The molecule has 0 bridgehead atoms. The first-order valence-corrected chi connectivity index (χ1v) is 5.72. The van der Waals surface area contributed by atoms with Crippen molar-refractivity contribution in [3.8, 4) is 0 Å². The predicted molar refractivity (Wildman–Crippen MR) is 58.6 cm³/mol. The highest BCUT2D eigenvalue weighted by molar-refractivity contribution is 5.94. The molecule has 1 aromatic heterocycles. The Morgan fingerprint density at radius 3 is 2.80 bits per heavy atom. The quantitative estimate of drug-likeness (QED) is 0.756. The van der Waals surface area contributed by atoms with Crippen LogP contribution in [0.15, 0.2) is 12.4 Å². The zero-order chi connectivity index (χ0) is 10.8. The normalized spacial score (nSPS) is 31.5. The molecule has 1 aliphatic rings. The van der Waals surface area contributed by atoms with E-state index in [1.807, 2.05) is 0 Å². The summed E-state index contributed by atoms with van der Waals surface area (Å²) in [7, 11) is 0. The fourth-order valence-corrected chi connectivity index (χ4v) is 2.38. The molecular weight excluding hydrogens is 188 g/mol. The maximum atomic E-state index is 12.0. The van der Waals surface area contributed by atoms with Gasteiger partial charge in [-0.1, -0.05) is 13.8 Å². The SMILES string of the molecule is CC1CCC(C(=O)c2ncc[nH]2)CC1C. The molecular formula is C12H18N2O. The first-order valence-electron chi connectivity index (χ1n) is 5.72. The number of Topliss-reactive ketones (excluding diaryl/α,β-unsaturated/α-hetero) is 1. The Morgan fingerprint density at radius 2 is 2.20 bits per heavy atom. The third kappa shape index (κ3) is 2.11. The Morgan fingerprint density at radius 1 is 1.40 bits per heavy atom. The largest absolute Gasteiger partial charge is 0.342 e. The van der Waals surface area contributed by atoms with E-state index in [1.165, 1.54) is 0 Å². The third-order valence-corrected chi connectivity index (χ3v) is 3.70. The first kappa shape index (κ1) is 10.4. The van der Waals surface area contributed by atoms with Crippen LogP contribution in [0.2, 0.25) is 0 Å². The van der Waals surface area contributed by atoms with Gasteiger partial charge in [-0.15, -0.1) is 0 Å². The molecule has 3 unspecified atom stereocenters. The molecule has 15 heavy (non-hydrogen) atoms.